The van der Waals surface area contributed by atoms with Gasteiger partial charge in [-0.25, -0.2) is 0 Å². The van der Waals surface area contributed by atoms with Crippen LogP contribution in [0.25, 0.3) is 0 Å². The fraction of sp³-hybridized carbons (Fsp3) is 0.818. The van der Waals surface area contributed by atoms with Crippen LogP contribution in [0.3, 0.4) is 0 Å². The average Bonchev–Trinajstić information content (AvgIpc) is 2.50. The highest BCUT2D eigenvalue weighted by Gasteiger charge is 2.29. The molecule has 0 radical (unpaired) electrons. The Hall–Kier alpha value is -0.940. The number of rotatable bonds is 7. The number of unbranched alkanes of at least 4 members (excludes halogenated alkanes) is 1. The lowest BCUT2D eigenvalue weighted by molar-refractivity contribution is -0.125. The second kappa shape index (κ2) is 6.60. The van der Waals surface area contributed by atoms with Gasteiger partial charge >= 0.3 is 0 Å². The number of hydrogen-bond acceptors (Lipinski definition) is 4. The molecule has 0 aromatic heterocycles. The van der Waals surface area contributed by atoms with E-state index in [1.165, 1.54) is 0 Å². The van der Waals surface area contributed by atoms with Crippen LogP contribution in [0.4, 0.5) is 0 Å². The van der Waals surface area contributed by atoms with E-state index in [0.29, 0.717) is 0 Å². The molecule has 0 saturated carbocycles. The van der Waals surface area contributed by atoms with Crippen LogP contribution in [0, 0.1) is 0 Å². The van der Waals surface area contributed by atoms with Crippen LogP contribution in [0.5, 0.6) is 0 Å². The second-order valence-electron chi connectivity index (χ2n) is 4.25. The third-order valence-electron chi connectivity index (χ3n) is 2.38. The van der Waals surface area contributed by atoms with E-state index >= 15 is 0 Å². The van der Waals surface area contributed by atoms with Gasteiger partial charge < -0.3 is 10.1 Å². The summed E-state index contributed by atoms with van der Waals surface area (Å²) in [5.41, 5.74) is 0. The smallest absolute Gasteiger partial charge is 0.244 e. The van der Waals surface area contributed by atoms with E-state index < -0.39 is 0 Å². The Morgan fingerprint density at radius 3 is 2.75 bits per heavy atom. The zero-order valence-electron chi connectivity index (χ0n) is 9.91. The van der Waals surface area contributed by atoms with E-state index in [4.69, 9.17) is 4.74 Å². The van der Waals surface area contributed by atoms with Gasteiger partial charge in [-0.05, 0) is 33.2 Å². The fourth-order valence-electron chi connectivity index (χ4n) is 1.54. The van der Waals surface area contributed by atoms with Gasteiger partial charge in [0.25, 0.3) is 0 Å². The maximum absolute atomic E-state index is 11.2. The highest BCUT2D eigenvalue weighted by molar-refractivity contribution is 6.05. The lowest BCUT2D eigenvalue weighted by atomic mass is 10.2. The molecule has 1 atom stereocenters. The van der Waals surface area contributed by atoms with Gasteiger partial charge in [0, 0.05) is 6.61 Å². The van der Waals surface area contributed by atoms with E-state index in [0.717, 1.165) is 26.0 Å². The molecule has 0 spiro atoms. The Bertz CT molecular complexity index is 254. The van der Waals surface area contributed by atoms with Crippen LogP contribution in [0.1, 0.15) is 33.1 Å². The van der Waals surface area contributed by atoms with Crippen LogP contribution < -0.4 is 10.6 Å². The molecule has 1 rings (SSSR count). The molecular formula is C11H20N2O3. The minimum atomic E-state index is -0.335. The van der Waals surface area contributed by atoms with Gasteiger partial charge in [-0.3, -0.25) is 14.9 Å². The molecule has 1 aliphatic heterocycles. The minimum Gasteiger partial charge on any atom is -0.379 e. The van der Waals surface area contributed by atoms with Crippen molar-refractivity contribution in [1.29, 1.82) is 0 Å². The van der Waals surface area contributed by atoms with Crippen molar-refractivity contribution < 1.29 is 14.3 Å². The van der Waals surface area contributed by atoms with E-state index in [-0.39, 0.29) is 30.4 Å². The maximum Gasteiger partial charge on any atom is 0.244 e. The monoisotopic (exact) mass is 228 g/mol. The van der Waals surface area contributed by atoms with Gasteiger partial charge in [-0.15, -0.1) is 0 Å². The molecule has 1 unspecified atom stereocenters. The number of carbonyl (C=O) groups excluding carboxylic acids is 2. The zero-order valence-corrected chi connectivity index (χ0v) is 9.91. The van der Waals surface area contributed by atoms with Gasteiger partial charge in [-0.1, -0.05) is 0 Å². The van der Waals surface area contributed by atoms with E-state index in [1.807, 2.05) is 13.8 Å². The van der Waals surface area contributed by atoms with Gasteiger partial charge in [0.2, 0.25) is 11.8 Å². The summed E-state index contributed by atoms with van der Waals surface area (Å²) >= 11 is 0. The Morgan fingerprint density at radius 1 is 1.44 bits per heavy atom. The average molecular weight is 228 g/mol. The molecule has 2 N–H and O–H groups in total. The molecule has 1 heterocycles. The highest BCUT2D eigenvalue weighted by atomic mass is 16.5. The molecule has 16 heavy (non-hydrogen) atoms. The van der Waals surface area contributed by atoms with Crippen molar-refractivity contribution in [3.63, 3.8) is 0 Å². The van der Waals surface area contributed by atoms with Gasteiger partial charge in [-0.2, -0.15) is 0 Å². The summed E-state index contributed by atoms with van der Waals surface area (Å²) < 4.78 is 5.39. The predicted molar refractivity (Wildman–Crippen MR) is 59.9 cm³/mol. The molecule has 1 saturated heterocycles. The molecule has 5 nitrogen and oxygen atoms in total. The molecule has 1 fully saturated rings. The number of nitrogens with one attached hydrogen (secondary N) is 2. The molecule has 0 bridgehead atoms. The second-order valence-corrected chi connectivity index (χ2v) is 4.25. The number of amides is 2. The van der Waals surface area contributed by atoms with Crippen molar-refractivity contribution in [3.05, 3.63) is 0 Å². The first kappa shape index (κ1) is 13.1. The molecule has 1 aliphatic rings. The fourth-order valence-corrected chi connectivity index (χ4v) is 1.54. The van der Waals surface area contributed by atoms with Crippen molar-refractivity contribution in [3.8, 4) is 0 Å². The number of carbonyl (C=O) groups is 2. The third kappa shape index (κ3) is 4.72. The minimum absolute atomic E-state index is 0.189. The Balaban J connectivity index is 1.99. The molecule has 0 aromatic carbocycles. The first-order chi connectivity index (χ1) is 7.59. The topological polar surface area (TPSA) is 67.4 Å². The summed E-state index contributed by atoms with van der Waals surface area (Å²) in [5.74, 6) is -0.394. The predicted octanol–water partition coefficient (Wildman–Crippen LogP) is 0.196. The SMILES string of the molecule is CC(C)OCCCCNC1CC(=O)NC1=O. The van der Waals surface area contributed by atoms with Crippen molar-refractivity contribution in [2.24, 2.45) is 0 Å². The van der Waals surface area contributed by atoms with Crippen molar-refractivity contribution >= 4 is 11.8 Å². The summed E-state index contributed by atoms with van der Waals surface area (Å²) in [6.07, 6.45) is 2.45. The Kier molecular flexibility index (Phi) is 5.42. The van der Waals surface area contributed by atoms with Gasteiger partial charge in [0.15, 0.2) is 0 Å². The number of imide groups is 1. The van der Waals surface area contributed by atoms with Crippen molar-refractivity contribution in [2.45, 2.75) is 45.3 Å². The standard InChI is InChI=1S/C11H20N2O3/c1-8(2)16-6-4-3-5-12-9-7-10(14)13-11(9)15/h8-9,12H,3-7H2,1-2H3,(H,13,14,15). The summed E-state index contributed by atoms with van der Waals surface area (Å²) in [6.45, 7) is 5.50. The van der Waals surface area contributed by atoms with E-state index in [2.05, 4.69) is 10.6 Å². The van der Waals surface area contributed by atoms with Crippen LogP contribution in [-0.2, 0) is 14.3 Å². The van der Waals surface area contributed by atoms with Gasteiger partial charge in [0.1, 0.15) is 0 Å². The summed E-state index contributed by atoms with van der Waals surface area (Å²) in [5, 5.41) is 5.33. The molecule has 92 valence electrons. The highest BCUT2D eigenvalue weighted by Crippen LogP contribution is 2.01. The molecular weight excluding hydrogens is 208 g/mol. The normalized spacial score (nSPS) is 20.6. The quantitative estimate of drug-likeness (QED) is 0.482. The summed E-state index contributed by atoms with van der Waals surface area (Å²) in [7, 11) is 0. The van der Waals surface area contributed by atoms with Gasteiger partial charge in [0.05, 0.1) is 18.6 Å². The first-order valence-electron chi connectivity index (χ1n) is 5.78. The lowest BCUT2D eigenvalue weighted by Gasteiger charge is -2.09. The largest absolute Gasteiger partial charge is 0.379 e. The molecule has 5 heteroatoms. The van der Waals surface area contributed by atoms with Crippen molar-refractivity contribution in [2.75, 3.05) is 13.2 Å². The summed E-state index contributed by atoms with van der Waals surface area (Å²) in [4.78, 5) is 22.1. The van der Waals surface area contributed by atoms with Crippen LogP contribution in [-0.4, -0.2) is 37.1 Å². The number of hydrogen-bond donors (Lipinski definition) is 2. The van der Waals surface area contributed by atoms with E-state index in [1.54, 1.807) is 0 Å². The lowest BCUT2D eigenvalue weighted by Crippen LogP contribution is -2.36. The number of ether oxygens (including phenoxy) is 1. The first-order valence-corrected chi connectivity index (χ1v) is 5.78. The molecule has 2 amide bonds. The van der Waals surface area contributed by atoms with Crippen LogP contribution in [0.2, 0.25) is 0 Å². The van der Waals surface area contributed by atoms with Crippen LogP contribution in [0.15, 0.2) is 0 Å². The maximum atomic E-state index is 11.2. The molecule has 0 aromatic rings. The zero-order chi connectivity index (χ0) is 12.0. The molecule has 0 aliphatic carbocycles. The van der Waals surface area contributed by atoms with Crippen molar-refractivity contribution in [1.82, 2.24) is 10.6 Å². The Morgan fingerprint density at radius 2 is 2.19 bits per heavy atom. The van der Waals surface area contributed by atoms with E-state index in [9.17, 15) is 9.59 Å². The van der Waals surface area contributed by atoms with Crippen LogP contribution >= 0.6 is 0 Å². The Labute approximate surface area is 95.9 Å². The third-order valence-corrected chi connectivity index (χ3v) is 2.38. The summed E-state index contributed by atoms with van der Waals surface area (Å²) in [6, 6.07) is -0.335.